The number of hydrogen-bond acceptors (Lipinski definition) is 5. The van der Waals surface area contributed by atoms with E-state index in [-0.39, 0.29) is 22.9 Å². The first-order valence-corrected chi connectivity index (χ1v) is 9.45. The van der Waals surface area contributed by atoms with Crippen molar-refractivity contribution in [2.75, 3.05) is 0 Å². The van der Waals surface area contributed by atoms with Crippen LogP contribution in [0.5, 0.6) is 5.88 Å². The van der Waals surface area contributed by atoms with Crippen LogP contribution in [0.25, 0.3) is 11.1 Å². The summed E-state index contributed by atoms with van der Waals surface area (Å²) in [6, 6.07) is 4.19. The summed E-state index contributed by atoms with van der Waals surface area (Å²) in [4.78, 5) is 23.8. The number of halogens is 4. The first-order valence-electron chi connectivity index (χ1n) is 8.26. The molecule has 0 aliphatic heterocycles. The second-order valence-electron chi connectivity index (χ2n) is 6.25. The molecule has 0 saturated carbocycles. The SMILES string of the molecule is CC(CCc1nc(O)c(-c2cccc(C(F)(F)F)c2)c(=O)[nH]1)c1cnc(Cl)s1. The van der Waals surface area contributed by atoms with Gasteiger partial charge in [0, 0.05) is 17.5 Å². The summed E-state index contributed by atoms with van der Waals surface area (Å²) >= 11 is 7.18. The fourth-order valence-electron chi connectivity index (χ4n) is 2.72. The number of nitrogens with zero attached hydrogens (tertiary/aromatic N) is 2. The zero-order chi connectivity index (χ0) is 20.5. The van der Waals surface area contributed by atoms with Gasteiger partial charge >= 0.3 is 6.18 Å². The minimum Gasteiger partial charge on any atom is -0.493 e. The smallest absolute Gasteiger partial charge is 0.416 e. The molecule has 0 aliphatic rings. The molecule has 28 heavy (non-hydrogen) atoms. The lowest BCUT2D eigenvalue weighted by Crippen LogP contribution is -2.15. The number of benzene rings is 1. The zero-order valence-electron chi connectivity index (χ0n) is 14.5. The van der Waals surface area contributed by atoms with Gasteiger partial charge in [-0.2, -0.15) is 18.2 Å². The number of nitrogens with one attached hydrogen (secondary N) is 1. The van der Waals surface area contributed by atoms with E-state index in [0.717, 1.165) is 17.0 Å². The molecule has 0 amide bonds. The molecule has 1 atom stereocenters. The van der Waals surface area contributed by atoms with Crippen LogP contribution in [0.15, 0.2) is 35.3 Å². The van der Waals surface area contributed by atoms with Gasteiger partial charge in [0.05, 0.1) is 5.56 Å². The Labute approximate surface area is 166 Å². The van der Waals surface area contributed by atoms with Gasteiger partial charge in [-0.25, -0.2) is 4.98 Å². The largest absolute Gasteiger partial charge is 0.493 e. The lowest BCUT2D eigenvalue weighted by molar-refractivity contribution is -0.137. The third-order valence-electron chi connectivity index (χ3n) is 4.22. The van der Waals surface area contributed by atoms with Gasteiger partial charge in [-0.15, -0.1) is 11.3 Å². The van der Waals surface area contributed by atoms with E-state index in [1.807, 2.05) is 6.92 Å². The number of aromatic amines is 1. The van der Waals surface area contributed by atoms with Gasteiger partial charge in [-0.1, -0.05) is 30.7 Å². The normalized spacial score (nSPS) is 12.9. The van der Waals surface area contributed by atoms with E-state index in [1.54, 1.807) is 6.20 Å². The van der Waals surface area contributed by atoms with Crippen molar-refractivity contribution >= 4 is 22.9 Å². The fraction of sp³-hybridized carbons (Fsp3) is 0.278. The third kappa shape index (κ3) is 4.53. The Hall–Kier alpha value is -2.39. The highest BCUT2D eigenvalue weighted by molar-refractivity contribution is 7.15. The molecule has 148 valence electrons. The maximum absolute atomic E-state index is 12.9. The number of thiazole rings is 1. The number of aromatic nitrogens is 3. The highest BCUT2D eigenvalue weighted by Gasteiger charge is 2.31. The second-order valence-corrected chi connectivity index (χ2v) is 7.89. The molecule has 0 spiro atoms. The van der Waals surface area contributed by atoms with Crippen molar-refractivity contribution in [3.63, 3.8) is 0 Å². The van der Waals surface area contributed by atoms with Crippen molar-refractivity contribution in [3.8, 4) is 17.0 Å². The number of rotatable bonds is 5. The Morgan fingerprint density at radius 1 is 1.36 bits per heavy atom. The van der Waals surface area contributed by atoms with Crippen LogP contribution in [0.1, 0.15) is 35.5 Å². The molecule has 0 saturated heterocycles. The van der Waals surface area contributed by atoms with E-state index in [9.17, 15) is 23.1 Å². The molecule has 0 bridgehead atoms. The minimum atomic E-state index is -4.55. The predicted octanol–water partition coefficient (Wildman–Crippen LogP) is 5.01. The van der Waals surface area contributed by atoms with E-state index in [2.05, 4.69) is 15.0 Å². The van der Waals surface area contributed by atoms with Gasteiger partial charge in [0.2, 0.25) is 5.88 Å². The maximum Gasteiger partial charge on any atom is 0.416 e. The number of hydrogen-bond donors (Lipinski definition) is 2. The van der Waals surface area contributed by atoms with Gasteiger partial charge < -0.3 is 10.1 Å². The Kier molecular flexibility index (Phi) is 5.76. The number of aryl methyl sites for hydroxylation is 1. The molecule has 1 aromatic carbocycles. The number of aromatic hydroxyl groups is 1. The van der Waals surface area contributed by atoms with E-state index < -0.39 is 23.2 Å². The summed E-state index contributed by atoms with van der Waals surface area (Å²) in [5, 5.41) is 10.2. The van der Waals surface area contributed by atoms with E-state index in [4.69, 9.17) is 11.6 Å². The molecular weight excluding hydrogens is 415 g/mol. The van der Waals surface area contributed by atoms with Crippen LogP contribution in [-0.2, 0) is 12.6 Å². The summed E-state index contributed by atoms with van der Waals surface area (Å²) in [6.45, 7) is 1.97. The molecule has 2 aromatic heterocycles. The van der Waals surface area contributed by atoms with Crippen molar-refractivity contribution in [1.29, 1.82) is 0 Å². The second kappa shape index (κ2) is 7.92. The van der Waals surface area contributed by atoms with E-state index in [1.165, 1.54) is 23.5 Å². The summed E-state index contributed by atoms with van der Waals surface area (Å²) in [5.41, 5.74) is -1.96. The lowest BCUT2D eigenvalue weighted by Gasteiger charge is -2.11. The molecule has 5 nitrogen and oxygen atoms in total. The quantitative estimate of drug-likeness (QED) is 0.597. The Bertz CT molecular complexity index is 1050. The van der Waals surface area contributed by atoms with Gasteiger partial charge in [0.25, 0.3) is 5.56 Å². The predicted molar refractivity (Wildman–Crippen MR) is 101 cm³/mol. The van der Waals surface area contributed by atoms with Crippen LogP contribution < -0.4 is 5.56 Å². The summed E-state index contributed by atoms with van der Waals surface area (Å²) < 4.78 is 39.1. The molecule has 3 aromatic rings. The Morgan fingerprint density at radius 3 is 2.71 bits per heavy atom. The van der Waals surface area contributed by atoms with Gasteiger partial charge in [0.1, 0.15) is 11.4 Å². The molecular formula is C18H15ClF3N3O2S. The highest BCUT2D eigenvalue weighted by atomic mass is 35.5. The van der Waals surface area contributed by atoms with Gasteiger partial charge in [-0.3, -0.25) is 4.79 Å². The molecule has 0 fully saturated rings. The molecule has 1 unspecified atom stereocenters. The van der Waals surface area contributed by atoms with E-state index >= 15 is 0 Å². The minimum absolute atomic E-state index is 0.0553. The number of H-pyrrole nitrogens is 1. The molecule has 0 radical (unpaired) electrons. The first kappa shape index (κ1) is 20.3. The topological polar surface area (TPSA) is 78.9 Å². The van der Waals surface area contributed by atoms with Crippen LogP contribution in [0.3, 0.4) is 0 Å². The molecule has 3 rings (SSSR count). The van der Waals surface area contributed by atoms with Crippen LogP contribution in [0.2, 0.25) is 4.47 Å². The van der Waals surface area contributed by atoms with E-state index in [0.29, 0.717) is 17.3 Å². The average Bonchev–Trinajstić information content (AvgIpc) is 3.05. The summed E-state index contributed by atoms with van der Waals surface area (Å²) in [6.07, 6.45) is -1.89. The maximum atomic E-state index is 12.9. The molecule has 2 N–H and O–H groups in total. The average molecular weight is 430 g/mol. The molecule has 2 heterocycles. The molecule has 10 heteroatoms. The fourth-order valence-corrected chi connectivity index (χ4v) is 3.76. The van der Waals surface area contributed by atoms with Crippen LogP contribution in [0.4, 0.5) is 13.2 Å². The first-order chi connectivity index (χ1) is 13.1. The van der Waals surface area contributed by atoms with Crippen LogP contribution in [-0.4, -0.2) is 20.1 Å². The van der Waals surface area contributed by atoms with Crippen LogP contribution >= 0.6 is 22.9 Å². The van der Waals surface area contributed by atoms with Crippen molar-refractivity contribution in [1.82, 2.24) is 15.0 Å². The standard InChI is InChI=1S/C18H15ClF3N3O2S/c1-9(12-8-23-17(19)28-12)5-6-13-24-15(26)14(16(27)25-13)10-3-2-4-11(7-10)18(20,21)22/h2-4,7-9H,5-6H2,1H3,(H2,24,25,26,27). The van der Waals surface area contributed by atoms with Gasteiger partial charge in [-0.05, 0) is 30.0 Å². The van der Waals surface area contributed by atoms with Crippen molar-refractivity contribution in [2.24, 2.45) is 0 Å². The summed E-state index contributed by atoms with van der Waals surface area (Å²) in [5.74, 6) is -0.243. The monoisotopic (exact) mass is 429 g/mol. The van der Waals surface area contributed by atoms with Crippen molar-refractivity contribution in [3.05, 3.63) is 61.5 Å². The van der Waals surface area contributed by atoms with Crippen molar-refractivity contribution in [2.45, 2.75) is 31.9 Å². The number of alkyl halides is 3. The van der Waals surface area contributed by atoms with Gasteiger partial charge in [0.15, 0.2) is 4.47 Å². The highest BCUT2D eigenvalue weighted by Crippen LogP contribution is 2.33. The third-order valence-corrected chi connectivity index (χ3v) is 5.57. The lowest BCUT2D eigenvalue weighted by atomic mass is 10.0. The summed E-state index contributed by atoms with van der Waals surface area (Å²) in [7, 11) is 0. The Morgan fingerprint density at radius 2 is 2.11 bits per heavy atom. The molecule has 0 aliphatic carbocycles. The van der Waals surface area contributed by atoms with Crippen molar-refractivity contribution < 1.29 is 18.3 Å². The zero-order valence-corrected chi connectivity index (χ0v) is 16.1. The Balaban J connectivity index is 1.83. The van der Waals surface area contributed by atoms with Crippen LogP contribution in [0, 0.1) is 0 Å².